The van der Waals surface area contributed by atoms with Gasteiger partial charge in [0.15, 0.2) is 0 Å². The SMILES string of the molecule is CCOC(=O)/C=C/C[C@H](CCOCc1ccccc1)C[C@@H](OCc1ccccc1)[C@H](C)COS(C)(=O)=O. The Morgan fingerprint density at radius 3 is 2.19 bits per heavy atom. The maximum absolute atomic E-state index is 11.8. The standard InChI is InChI=1S/C29H40O7S/c1-4-34-29(30)17-11-16-25(18-19-33-22-26-12-7-5-8-13-26)20-28(24(2)21-36-37(3,31)32)35-23-27-14-9-6-10-15-27/h5-15,17,24-25,28H,4,16,18-23H2,1-3H3/b17-11+/t24-,25-,28-/m1/s1. The fourth-order valence-electron chi connectivity index (χ4n) is 3.80. The third-order valence-corrected chi connectivity index (χ3v) is 6.41. The third-order valence-electron chi connectivity index (χ3n) is 5.84. The molecule has 204 valence electrons. The first kappa shape index (κ1) is 30.7. The van der Waals surface area contributed by atoms with Gasteiger partial charge in [-0.3, -0.25) is 4.18 Å². The second-order valence-electron chi connectivity index (χ2n) is 9.12. The quantitative estimate of drug-likeness (QED) is 0.111. The lowest BCUT2D eigenvalue weighted by Crippen LogP contribution is -2.29. The average molecular weight is 533 g/mol. The van der Waals surface area contributed by atoms with Gasteiger partial charge in [-0.25, -0.2) is 4.79 Å². The van der Waals surface area contributed by atoms with Crippen molar-refractivity contribution in [2.75, 3.05) is 26.1 Å². The molecule has 0 aliphatic heterocycles. The van der Waals surface area contributed by atoms with E-state index in [9.17, 15) is 13.2 Å². The van der Waals surface area contributed by atoms with Crippen molar-refractivity contribution < 1.29 is 31.6 Å². The van der Waals surface area contributed by atoms with E-state index in [4.69, 9.17) is 18.4 Å². The van der Waals surface area contributed by atoms with E-state index in [1.807, 2.05) is 73.7 Å². The number of esters is 1. The zero-order chi connectivity index (χ0) is 26.9. The normalized spacial score (nSPS) is 14.4. The Morgan fingerprint density at radius 2 is 1.59 bits per heavy atom. The van der Waals surface area contributed by atoms with E-state index in [0.29, 0.717) is 39.3 Å². The lowest BCUT2D eigenvalue weighted by molar-refractivity contribution is -0.137. The van der Waals surface area contributed by atoms with Crippen LogP contribution in [0.25, 0.3) is 0 Å². The fourth-order valence-corrected chi connectivity index (χ4v) is 4.26. The molecule has 0 heterocycles. The molecular formula is C29H40O7S. The van der Waals surface area contributed by atoms with Crippen LogP contribution in [0.4, 0.5) is 0 Å². The first-order chi connectivity index (χ1) is 17.8. The summed E-state index contributed by atoms with van der Waals surface area (Å²) in [4.78, 5) is 11.8. The van der Waals surface area contributed by atoms with Gasteiger partial charge in [-0.1, -0.05) is 73.7 Å². The van der Waals surface area contributed by atoms with Gasteiger partial charge in [-0.05, 0) is 43.2 Å². The predicted molar refractivity (Wildman–Crippen MR) is 144 cm³/mol. The van der Waals surface area contributed by atoms with Gasteiger partial charge >= 0.3 is 5.97 Å². The highest BCUT2D eigenvalue weighted by Crippen LogP contribution is 2.25. The molecule has 0 aliphatic carbocycles. The van der Waals surface area contributed by atoms with Crippen LogP contribution in [0.15, 0.2) is 72.8 Å². The summed E-state index contributed by atoms with van der Waals surface area (Å²) in [6.07, 6.45) is 6.12. The molecule has 0 saturated carbocycles. The Hall–Kier alpha value is -2.52. The summed E-state index contributed by atoms with van der Waals surface area (Å²) in [6, 6.07) is 19.8. The smallest absolute Gasteiger partial charge is 0.330 e. The Balaban J connectivity index is 2.06. The zero-order valence-electron chi connectivity index (χ0n) is 22.1. The molecule has 2 aromatic rings. The minimum atomic E-state index is -3.56. The summed E-state index contributed by atoms with van der Waals surface area (Å²) in [5.74, 6) is -0.392. The molecule has 0 fully saturated rings. The fraction of sp³-hybridized carbons (Fsp3) is 0.483. The molecule has 0 spiro atoms. The van der Waals surface area contributed by atoms with E-state index >= 15 is 0 Å². The van der Waals surface area contributed by atoms with Crippen LogP contribution in [-0.2, 0) is 46.5 Å². The highest BCUT2D eigenvalue weighted by molar-refractivity contribution is 7.85. The molecule has 2 aromatic carbocycles. The zero-order valence-corrected chi connectivity index (χ0v) is 22.9. The number of allylic oxidation sites excluding steroid dienone is 1. The van der Waals surface area contributed by atoms with Crippen molar-refractivity contribution in [3.8, 4) is 0 Å². The first-order valence-electron chi connectivity index (χ1n) is 12.7. The van der Waals surface area contributed by atoms with Gasteiger partial charge in [0.05, 0.1) is 38.8 Å². The van der Waals surface area contributed by atoms with Crippen LogP contribution in [0.3, 0.4) is 0 Å². The van der Waals surface area contributed by atoms with Gasteiger partial charge < -0.3 is 14.2 Å². The Labute approximate surface area is 221 Å². The molecule has 0 radical (unpaired) electrons. The third kappa shape index (κ3) is 14.1. The van der Waals surface area contributed by atoms with Gasteiger partial charge in [0.25, 0.3) is 10.1 Å². The highest BCUT2D eigenvalue weighted by Gasteiger charge is 2.24. The lowest BCUT2D eigenvalue weighted by Gasteiger charge is -2.28. The molecule has 37 heavy (non-hydrogen) atoms. The maximum atomic E-state index is 11.8. The van der Waals surface area contributed by atoms with E-state index in [1.54, 1.807) is 6.92 Å². The second kappa shape index (κ2) is 17.1. The minimum absolute atomic E-state index is 0.0359. The summed E-state index contributed by atoms with van der Waals surface area (Å²) in [7, 11) is -3.56. The molecule has 0 bridgehead atoms. The van der Waals surface area contributed by atoms with Crippen LogP contribution in [-0.4, -0.2) is 46.6 Å². The number of carbonyl (C=O) groups excluding carboxylic acids is 1. The summed E-state index contributed by atoms with van der Waals surface area (Å²) >= 11 is 0. The summed E-state index contributed by atoms with van der Waals surface area (Å²) in [5.41, 5.74) is 2.14. The Kier molecular flexibility index (Phi) is 14.2. The maximum Gasteiger partial charge on any atom is 0.330 e. The molecule has 0 aliphatic rings. The van der Waals surface area contributed by atoms with Crippen molar-refractivity contribution in [2.24, 2.45) is 11.8 Å². The molecule has 0 saturated heterocycles. The molecule has 8 heteroatoms. The van der Waals surface area contributed by atoms with Gasteiger partial charge in [-0.2, -0.15) is 8.42 Å². The first-order valence-corrected chi connectivity index (χ1v) is 14.5. The van der Waals surface area contributed by atoms with Crippen LogP contribution in [0.5, 0.6) is 0 Å². The predicted octanol–water partition coefficient (Wildman–Crippen LogP) is 5.31. The van der Waals surface area contributed by atoms with Crippen molar-refractivity contribution in [3.05, 3.63) is 83.9 Å². The number of benzene rings is 2. The number of rotatable bonds is 18. The molecule has 0 unspecified atom stereocenters. The van der Waals surface area contributed by atoms with Crippen molar-refractivity contribution in [2.45, 2.75) is 52.4 Å². The van der Waals surface area contributed by atoms with E-state index in [-0.39, 0.29) is 30.5 Å². The van der Waals surface area contributed by atoms with Crippen LogP contribution < -0.4 is 0 Å². The Bertz CT molecular complexity index is 1020. The number of hydrogen-bond acceptors (Lipinski definition) is 7. The summed E-state index contributed by atoms with van der Waals surface area (Å²) in [6.45, 7) is 5.54. The van der Waals surface area contributed by atoms with E-state index < -0.39 is 10.1 Å². The average Bonchev–Trinajstić information content (AvgIpc) is 2.88. The Morgan fingerprint density at radius 1 is 0.973 bits per heavy atom. The van der Waals surface area contributed by atoms with Crippen LogP contribution >= 0.6 is 0 Å². The molecule has 0 N–H and O–H groups in total. The van der Waals surface area contributed by atoms with E-state index in [0.717, 1.165) is 23.8 Å². The highest BCUT2D eigenvalue weighted by atomic mass is 32.2. The van der Waals surface area contributed by atoms with E-state index in [2.05, 4.69) is 0 Å². The molecular weight excluding hydrogens is 492 g/mol. The molecule has 0 aromatic heterocycles. The molecule has 3 atom stereocenters. The summed E-state index contributed by atoms with van der Waals surface area (Å²) < 4.78 is 45.4. The lowest BCUT2D eigenvalue weighted by atomic mass is 9.89. The van der Waals surface area contributed by atoms with E-state index in [1.165, 1.54) is 6.08 Å². The van der Waals surface area contributed by atoms with Crippen molar-refractivity contribution in [3.63, 3.8) is 0 Å². The summed E-state index contributed by atoms with van der Waals surface area (Å²) in [5, 5.41) is 0. The van der Waals surface area contributed by atoms with Crippen molar-refractivity contribution in [1.29, 1.82) is 0 Å². The monoisotopic (exact) mass is 532 g/mol. The van der Waals surface area contributed by atoms with Gasteiger partial charge in [0.1, 0.15) is 0 Å². The number of ether oxygens (including phenoxy) is 3. The van der Waals surface area contributed by atoms with Gasteiger partial charge in [0.2, 0.25) is 0 Å². The van der Waals surface area contributed by atoms with Crippen LogP contribution in [0, 0.1) is 11.8 Å². The topological polar surface area (TPSA) is 88.1 Å². The van der Waals surface area contributed by atoms with Gasteiger partial charge in [-0.15, -0.1) is 0 Å². The molecule has 2 rings (SSSR count). The molecule has 0 amide bonds. The van der Waals surface area contributed by atoms with Crippen LogP contribution in [0.2, 0.25) is 0 Å². The van der Waals surface area contributed by atoms with Crippen molar-refractivity contribution >= 4 is 16.1 Å². The van der Waals surface area contributed by atoms with Crippen LogP contribution in [0.1, 0.15) is 44.2 Å². The van der Waals surface area contributed by atoms with Crippen molar-refractivity contribution in [1.82, 2.24) is 0 Å². The van der Waals surface area contributed by atoms with Gasteiger partial charge in [0, 0.05) is 18.6 Å². The number of hydrogen-bond donors (Lipinski definition) is 0. The minimum Gasteiger partial charge on any atom is -0.463 e. The number of carbonyl (C=O) groups is 1. The largest absolute Gasteiger partial charge is 0.463 e. The molecule has 7 nitrogen and oxygen atoms in total. The second-order valence-corrected chi connectivity index (χ2v) is 10.8.